The van der Waals surface area contributed by atoms with Crippen molar-refractivity contribution >= 4 is 42.0 Å². The van der Waals surface area contributed by atoms with E-state index < -0.39 is 0 Å². The number of piperidine rings is 1. The first-order chi connectivity index (χ1) is 18.4. The molecule has 1 atom stereocenters. The third-order valence-corrected chi connectivity index (χ3v) is 8.01. The summed E-state index contributed by atoms with van der Waals surface area (Å²) in [7, 11) is -0.191. The van der Waals surface area contributed by atoms with Crippen LogP contribution in [0.3, 0.4) is 0 Å². The van der Waals surface area contributed by atoms with Gasteiger partial charge < -0.3 is 20.7 Å². The van der Waals surface area contributed by atoms with E-state index in [1.165, 1.54) is 5.30 Å². The summed E-state index contributed by atoms with van der Waals surface area (Å²) >= 11 is 0. The van der Waals surface area contributed by atoms with Gasteiger partial charge in [0, 0.05) is 35.1 Å². The largest absolute Gasteiger partial charge is 0.473 e. The van der Waals surface area contributed by atoms with Gasteiger partial charge in [-0.05, 0) is 74.3 Å². The topological polar surface area (TPSA) is 92.6 Å². The molecule has 2 aromatic heterocycles. The van der Waals surface area contributed by atoms with Gasteiger partial charge >= 0.3 is 0 Å². The van der Waals surface area contributed by atoms with Crippen LogP contribution in [0.15, 0.2) is 60.8 Å². The van der Waals surface area contributed by atoms with Crippen molar-refractivity contribution in [2.75, 3.05) is 37.1 Å². The zero-order valence-corrected chi connectivity index (χ0v) is 23.3. The first kappa shape index (κ1) is 26.1. The number of nitrogens with one attached hydrogen (secondary N) is 3. The van der Waals surface area contributed by atoms with Gasteiger partial charge in [-0.1, -0.05) is 40.0 Å². The summed E-state index contributed by atoms with van der Waals surface area (Å²) in [5.41, 5.74) is 4.00. The fourth-order valence-corrected chi connectivity index (χ4v) is 5.29. The molecule has 1 saturated heterocycles. The third kappa shape index (κ3) is 5.98. The Kier molecular flexibility index (Phi) is 7.91. The molecule has 1 fully saturated rings. The number of aromatic nitrogens is 3. The number of hydrogen-bond acceptors (Lipinski definition) is 6. The number of hydrogen-bond donors (Lipinski definition) is 3. The average molecular weight is 531 g/mol. The van der Waals surface area contributed by atoms with Crippen molar-refractivity contribution in [1.29, 1.82) is 0 Å². The Balaban J connectivity index is 1.39. The third-order valence-electron chi connectivity index (χ3n) is 6.68. The molecule has 8 nitrogen and oxygen atoms in total. The number of benzene rings is 2. The molecule has 198 valence electrons. The number of rotatable bonds is 8. The molecular weight excluding hydrogens is 495 g/mol. The van der Waals surface area contributed by atoms with Crippen LogP contribution < -0.4 is 26.0 Å². The van der Waals surface area contributed by atoms with Gasteiger partial charge in [-0.15, -0.1) is 0 Å². The summed E-state index contributed by atoms with van der Waals surface area (Å²) in [6.45, 7) is 10.5. The Labute approximate surface area is 225 Å². The van der Waals surface area contributed by atoms with Crippen molar-refractivity contribution in [3.8, 4) is 5.88 Å². The van der Waals surface area contributed by atoms with Gasteiger partial charge in [-0.2, -0.15) is 14.6 Å². The lowest BCUT2D eigenvalue weighted by atomic mass is 10.1. The van der Waals surface area contributed by atoms with E-state index in [1.54, 1.807) is 0 Å². The van der Waals surface area contributed by atoms with Crippen molar-refractivity contribution in [3.05, 3.63) is 71.9 Å². The fourth-order valence-electron chi connectivity index (χ4n) is 4.54. The Morgan fingerprint density at radius 1 is 1.13 bits per heavy atom. The van der Waals surface area contributed by atoms with Crippen molar-refractivity contribution < 1.29 is 9.53 Å². The van der Waals surface area contributed by atoms with E-state index in [-0.39, 0.29) is 25.9 Å². The highest BCUT2D eigenvalue weighted by Crippen LogP contribution is 2.29. The van der Waals surface area contributed by atoms with Crippen LogP contribution in [-0.4, -0.2) is 53.0 Å². The summed E-state index contributed by atoms with van der Waals surface area (Å²) in [6, 6.07) is 17.4. The van der Waals surface area contributed by atoms with Crippen molar-refractivity contribution in [2.24, 2.45) is 0 Å². The zero-order chi connectivity index (χ0) is 26.6. The van der Waals surface area contributed by atoms with Crippen molar-refractivity contribution in [1.82, 2.24) is 19.9 Å². The summed E-state index contributed by atoms with van der Waals surface area (Å²) < 4.78 is 8.09. The number of ether oxygens (including phenoxy) is 1. The number of carbonyl (C=O) groups is 1. The minimum atomic E-state index is -0.191. The van der Waals surface area contributed by atoms with Crippen molar-refractivity contribution in [3.63, 3.8) is 0 Å². The minimum Gasteiger partial charge on any atom is -0.473 e. The van der Waals surface area contributed by atoms with Gasteiger partial charge in [-0.3, -0.25) is 4.79 Å². The molecule has 5 rings (SSSR count). The van der Waals surface area contributed by atoms with E-state index in [9.17, 15) is 4.79 Å². The molecule has 0 bridgehead atoms. The summed E-state index contributed by atoms with van der Waals surface area (Å²) in [5.74, 6) is 1.46. The zero-order valence-electron chi connectivity index (χ0n) is 22.4. The summed E-state index contributed by atoms with van der Waals surface area (Å²) in [5, 5.41) is 15.8. The van der Waals surface area contributed by atoms with Crippen LogP contribution in [-0.2, 0) is 0 Å². The molecule has 2 aromatic carbocycles. The SMILES string of the molecule is CC(C)c1cnn2c(Nc3cccc(NC(=O)c4ccc(P(C)C)cc4)c3)cc(OC3CCCNC3)nc12. The highest BCUT2D eigenvalue weighted by atomic mass is 31.1. The molecule has 0 saturated carbocycles. The van der Waals surface area contributed by atoms with Crippen LogP contribution in [0.5, 0.6) is 5.88 Å². The summed E-state index contributed by atoms with van der Waals surface area (Å²) in [6.07, 6.45) is 4.04. The maximum Gasteiger partial charge on any atom is 0.255 e. The molecule has 3 heterocycles. The van der Waals surface area contributed by atoms with Gasteiger partial charge in [-0.25, -0.2) is 0 Å². The van der Waals surface area contributed by atoms with Crippen LogP contribution in [0.1, 0.15) is 48.5 Å². The molecule has 1 unspecified atom stereocenters. The molecule has 9 heteroatoms. The van der Waals surface area contributed by atoms with Gasteiger partial charge in [0.05, 0.1) is 6.20 Å². The van der Waals surface area contributed by atoms with Crippen LogP contribution in [0.2, 0.25) is 0 Å². The molecular formula is C29H35N6O2P. The van der Waals surface area contributed by atoms with Crippen molar-refractivity contribution in [2.45, 2.75) is 38.7 Å². The van der Waals surface area contributed by atoms with E-state index in [4.69, 9.17) is 9.72 Å². The predicted molar refractivity (Wildman–Crippen MR) is 156 cm³/mol. The smallest absolute Gasteiger partial charge is 0.255 e. The Morgan fingerprint density at radius 2 is 1.92 bits per heavy atom. The quantitative estimate of drug-likeness (QED) is 0.266. The van der Waals surface area contributed by atoms with E-state index in [1.807, 2.05) is 65.3 Å². The normalized spacial score (nSPS) is 15.7. The first-order valence-corrected chi connectivity index (χ1v) is 15.3. The Bertz CT molecular complexity index is 1410. The standard InChI is InChI=1S/C29H35N6O2P/c1-19(2)25-18-31-35-26(16-27(34-28(25)35)37-23-9-6-14-30-17-23)32-21-7-5-8-22(15-21)33-29(36)20-10-12-24(13-11-20)38(3)4/h5,7-8,10-13,15-16,18-19,23,30,32H,6,9,14,17H2,1-4H3,(H,33,36). The minimum absolute atomic E-state index is 0.0891. The second kappa shape index (κ2) is 11.5. The molecule has 0 spiro atoms. The van der Waals surface area contributed by atoms with Crippen LogP contribution in [0, 0.1) is 0 Å². The lowest BCUT2D eigenvalue weighted by Crippen LogP contribution is -2.37. The Morgan fingerprint density at radius 3 is 2.63 bits per heavy atom. The number of anilines is 3. The number of nitrogens with zero attached hydrogens (tertiary/aromatic N) is 3. The molecule has 3 N–H and O–H groups in total. The maximum atomic E-state index is 12.9. The molecule has 0 aliphatic carbocycles. The van der Waals surface area contributed by atoms with Crippen LogP contribution in [0.25, 0.3) is 5.65 Å². The van der Waals surface area contributed by atoms with Gasteiger partial charge in [0.2, 0.25) is 5.88 Å². The maximum absolute atomic E-state index is 12.9. The Hall–Kier alpha value is -3.48. The summed E-state index contributed by atoms with van der Waals surface area (Å²) in [4.78, 5) is 17.7. The number of amides is 1. The monoisotopic (exact) mass is 530 g/mol. The van der Waals surface area contributed by atoms with E-state index in [0.717, 1.165) is 48.6 Å². The second-order valence-corrected chi connectivity index (χ2v) is 12.5. The lowest BCUT2D eigenvalue weighted by molar-refractivity contribution is 0.102. The highest BCUT2D eigenvalue weighted by molar-refractivity contribution is 7.64. The molecule has 4 aromatic rings. The first-order valence-electron chi connectivity index (χ1n) is 13.1. The van der Waals surface area contributed by atoms with Crippen LogP contribution in [0.4, 0.5) is 17.2 Å². The van der Waals surface area contributed by atoms with E-state index in [0.29, 0.717) is 17.1 Å². The lowest BCUT2D eigenvalue weighted by Gasteiger charge is -2.23. The molecule has 38 heavy (non-hydrogen) atoms. The number of carbonyl (C=O) groups excluding carboxylic acids is 1. The molecule has 1 aliphatic heterocycles. The molecule has 1 amide bonds. The number of fused-ring (bicyclic) bond motifs is 1. The fraction of sp³-hybridized carbons (Fsp3) is 0.345. The predicted octanol–water partition coefficient (Wildman–Crippen LogP) is 5.35. The van der Waals surface area contributed by atoms with Crippen LogP contribution >= 0.6 is 7.92 Å². The average Bonchev–Trinajstić information content (AvgIpc) is 3.34. The molecule has 0 radical (unpaired) electrons. The van der Waals surface area contributed by atoms with E-state index in [2.05, 4.69) is 48.2 Å². The highest BCUT2D eigenvalue weighted by Gasteiger charge is 2.19. The van der Waals surface area contributed by atoms with Gasteiger partial charge in [0.25, 0.3) is 5.91 Å². The molecule has 1 aliphatic rings. The van der Waals surface area contributed by atoms with Gasteiger partial charge in [0.15, 0.2) is 5.65 Å². The second-order valence-electron chi connectivity index (χ2n) is 10.2. The van der Waals surface area contributed by atoms with E-state index >= 15 is 0 Å². The van der Waals surface area contributed by atoms with Gasteiger partial charge in [0.1, 0.15) is 11.9 Å².